The summed E-state index contributed by atoms with van der Waals surface area (Å²) in [6.45, 7) is 0. The Bertz CT molecular complexity index is 1020. The minimum Gasteiger partial charge on any atom is -0.310 e. The van der Waals surface area contributed by atoms with E-state index in [9.17, 15) is 4.79 Å². The highest BCUT2D eigenvalue weighted by Gasteiger charge is 2.29. The van der Waals surface area contributed by atoms with Gasteiger partial charge in [-0.05, 0) is 37.8 Å². The molecule has 7 heteroatoms. The van der Waals surface area contributed by atoms with Crippen LogP contribution in [0.15, 0.2) is 36.4 Å². The Kier molecular flexibility index (Phi) is 4.66. The summed E-state index contributed by atoms with van der Waals surface area (Å²) in [6, 6.07) is 12.1. The van der Waals surface area contributed by atoms with E-state index in [1.807, 2.05) is 42.1 Å². The van der Waals surface area contributed by atoms with Gasteiger partial charge in [-0.2, -0.15) is 5.10 Å². The topological polar surface area (TPSA) is 77.6 Å². The lowest BCUT2D eigenvalue weighted by atomic mass is 9.89. The lowest BCUT2D eigenvalue weighted by molar-refractivity contribution is -0.120. The third kappa shape index (κ3) is 3.45. The fraction of sp³-hybridized carbons (Fsp3) is 0.455. The van der Waals surface area contributed by atoms with Gasteiger partial charge in [0.05, 0.1) is 22.8 Å². The number of nitrogens with zero attached hydrogens (tertiary/aromatic N) is 5. The second kappa shape index (κ2) is 7.46. The fourth-order valence-electron chi connectivity index (χ4n) is 4.64. The van der Waals surface area contributed by atoms with Gasteiger partial charge in [0.15, 0.2) is 0 Å². The Balaban J connectivity index is 1.41. The van der Waals surface area contributed by atoms with Gasteiger partial charge in [-0.25, -0.2) is 4.68 Å². The quantitative estimate of drug-likeness (QED) is 0.741. The van der Waals surface area contributed by atoms with E-state index in [0.717, 1.165) is 41.4 Å². The first kappa shape index (κ1) is 18.1. The van der Waals surface area contributed by atoms with E-state index >= 15 is 0 Å². The molecule has 0 spiro atoms. The standard InChI is InChI=1S/C22H26N6O/c1-27-20-13-16(11-12-18(20)24-26-27)22(29)23-21-14-19(15-7-5-6-8-15)25-28(21)17-9-3-2-4-10-17/h2-4,9-10,14-16H,5-8,11-13H2,1H3,(H,23,29). The van der Waals surface area contributed by atoms with Crippen LogP contribution in [0.4, 0.5) is 5.82 Å². The number of amides is 1. The number of carbonyl (C=O) groups is 1. The third-order valence-corrected chi connectivity index (χ3v) is 6.32. The Hall–Kier alpha value is -2.96. The molecule has 7 nitrogen and oxygen atoms in total. The number of benzene rings is 1. The van der Waals surface area contributed by atoms with E-state index in [4.69, 9.17) is 5.10 Å². The van der Waals surface area contributed by atoms with Crippen LogP contribution in [-0.4, -0.2) is 30.7 Å². The number of anilines is 1. The molecule has 150 valence electrons. The monoisotopic (exact) mass is 390 g/mol. The Morgan fingerprint density at radius 1 is 1.14 bits per heavy atom. The smallest absolute Gasteiger partial charge is 0.229 e. The van der Waals surface area contributed by atoms with E-state index < -0.39 is 0 Å². The van der Waals surface area contributed by atoms with Crippen molar-refractivity contribution in [3.05, 3.63) is 53.5 Å². The first-order valence-electron chi connectivity index (χ1n) is 10.5. The summed E-state index contributed by atoms with van der Waals surface area (Å²) in [6.07, 6.45) is 7.15. The van der Waals surface area contributed by atoms with E-state index in [2.05, 4.69) is 21.7 Å². The lowest BCUT2D eigenvalue weighted by Crippen LogP contribution is -2.29. The molecule has 29 heavy (non-hydrogen) atoms. The SMILES string of the molecule is Cn1nnc2c1CC(C(=O)Nc1cc(C3CCCC3)nn1-c1ccccc1)CC2. The number of carbonyl (C=O) groups excluding carboxylic acids is 1. The molecular weight excluding hydrogens is 364 g/mol. The van der Waals surface area contributed by atoms with E-state index in [-0.39, 0.29) is 11.8 Å². The highest BCUT2D eigenvalue weighted by molar-refractivity contribution is 5.92. The molecule has 1 N–H and O–H groups in total. The van der Waals surface area contributed by atoms with Crippen molar-refractivity contribution in [2.75, 3.05) is 5.32 Å². The molecule has 1 saturated carbocycles. The van der Waals surface area contributed by atoms with Crippen molar-refractivity contribution in [1.29, 1.82) is 0 Å². The summed E-state index contributed by atoms with van der Waals surface area (Å²) in [5, 5.41) is 16.4. The molecule has 2 aliphatic rings. The second-order valence-corrected chi connectivity index (χ2v) is 8.22. The summed E-state index contributed by atoms with van der Waals surface area (Å²) >= 11 is 0. The molecule has 0 saturated heterocycles. The van der Waals surface area contributed by atoms with Gasteiger partial charge in [-0.1, -0.05) is 36.3 Å². The zero-order valence-electron chi connectivity index (χ0n) is 16.7. The molecule has 0 aliphatic heterocycles. The van der Waals surface area contributed by atoms with Gasteiger partial charge in [0, 0.05) is 31.4 Å². The number of hydrogen-bond donors (Lipinski definition) is 1. The molecule has 1 unspecified atom stereocenters. The van der Waals surface area contributed by atoms with Crippen LogP contribution < -0.4 is 5.32 Å². The maximum Gasteiger partial charge on any atom is 0.229 e. The van der Waals surface area contributed by atoms with Crippen LogP contribution in [0, 0.1) is 5.92 Å². The Labute approximate surface area is 170 Å². The van der Waals surface area contributed by atoms with Crippen LogP contribution in [0.5, 0.6) is 0 Å². The van der Waals surface area contributed by atoms with Crippen molar-refractivity contribution in [3.63, 3.8) is 0 Å². The molecule has 3 aromatic rings. The largest absolute Gasteiger partial charge is 0.310 e. The van der Waals surface area contributed by atoms with E-state index in [1.54, 1.807) is 4.68 Å². The maximum absolute atomic E-state index is 13.1. The Morgan fingerprint density at radius 3 is 2.72 bits per heavy atom. The van der Waals surface area contributed by atoms with Crippen LogP contribution in [-0.2, 0) is 24.7 Å². The highest BCUT2D eigenvalue weighted by Crippen LogP contribution is 2.35. The minimum absolute atomic E-state index is 0.0481. The van der Waals surface area contributed by atoms with Gasteiger partial charge in [0.2, 0.25) is 5.91 Å². The van der Waals surface area contributed by atoms with E-state index in [0.29, 0.717) is 12.3 Å². The first-order valence-corrected chi connectivity index (χ1v) is 10.5. The van der Waals surface area contributed by atoms with Crippen molar-refractivity contribution in [2.45, 2.75) is 50.9 Å². The fourth-order valence-corrected chi connectivity index (χ4v) is 4.64. The van der Waals surface area contributed by atoms with Crippen LogP contribution in [0.1, 0.15) is 55.1 Å². The van der Waals surface area contributed by atoms with Crippen molar-refractivity contribution in [2.24, 2.45) is 13.0 Å². The summed E-state index contributed by atoms with van der Waals surface area (Å²) in [5.41, 5.74) is 4.14. The van der Waals surface area contributed by atoms with Gasteiger partial charge in [0.1, 0.15) is 5.82 Å². The molecule has 1 atom stereocenters. The summed E-state index contributed by atoms with van der Waals surface area (Å²) in [7, 11) is 1.89. The van der Waals surface area contributed by atoms with Crippen LogP contribution in [0.25, 0.3) is 5.69 Å². The predicted molar refractivity (Wildman–Crippen MR) is 110 cm³/mol. The minimum atomic E-state index is -0.0752. The second-order valence-electron chi connectivity index (χ2n) is 8.22. The predicted octanol–water partition coefficient (Wildman–Crippen LogP) is 3.40. The normalized spacial score (nSPS) is 19.3. The number of aromatic nitrogens is 5. The maximum atomic E-state index is 13.1. The van der Waals surface area contributed by atoms with Gasteiger partial charge >= 0.3 is 0 Å². The zero-order chi connectivity index (χ0) is 19.8. The van der Waals surface area contributed by atoms with E-state index in [1.165, 1.54) is 25.7 Å². The molecule has 1 aromatic carbocycles. The first-order chi connectivity index (χ1) is 14.2. The number of fused-ring (bicyclic) bond motifs is 1. The molecular formula is C22H26N6O. The molecule has 2 heterocycles. The van der Waals surface area contributed by atoms with Crippen LogP contribution >= 0.6 is 0 Å². The zero-order valence-corrected chi connectivity index (χ0v) is 16.7. The lowest BCUT2D eigenvalue weighted by Gasteiger charge is -2.21. The van der Waals surface area contributed by atoms with Gasteiger partial charge in [0.25, 0.3) is 0 Å². The number of rotatable bonds is 4. The molecule has 2 aliphatic carbocycles. The van der Waals surface area contributed by atoms with Gasteiger partial charge < -0.3 is 5.32 Å². The number of nitrogens with one attached hydrogen (secondary N) is 1. The van der Waals surface area contributed by atoms with Crippen LogP contribution in [0.2, 0.25) is 0 Å². The van der Waals surface area contributed by atoms with Crippen molar-refractivity contribution in [3.8, 4) is 5.69 Å². The average molecular weight is 390 g/mol. The summed E-state index contributed by atoms with van der Waals surface area (Å²) < 4.78 is 3.67. The molecule has 5 rings (SSSR count). The number of para-hydroxylation sites is 1. The molecule has 0 bridgehead atoms. The van der Waals surface area contributed by atoms with Gasteiger partial charge in [-0.15, -0.1) is 5.10 Å². The molecule has 1 amide bonds. The third-order valence-electron chi connectivity index (χ3n) is 6.32. The van der Waals surface area contributed by atoms with Crippen molar-refractivity contribution >= 4 is 11.7 Å². The Morgan fingerprint density at radius 2 is 1.93 bits per heavy atom. The average Bonchev–Trinajstić information content (AvgIpc) is 3.49. The number of hydrogen-bond acceptors (Lipinski definition) is 4. The van der Waals surface area contributed by atoms with Crippen molar-refractivity contribution in [1.82, 2.24) is 24.8 Å². The van der Waals surface area contributed by atoms with Gasteiger partial charge in [-0.3, -0.25) is 9.48 Å². The number of aryl methyl sites for hydroxylation is 2. The van der Waals surface area contributed by atoms with Crippen LogP contribution in [0.3, 0.4) is 0 Å². The summed E-state index contributed by atoms with van der Waals surface area (Å²) in [5.74, 6) is 1.23. The summed E-state index contributed by atoms with van der Waals surface area (Å²) in [4.78, 5) is 13.1. The molecule has 2 aromatic heterocycles. The molecule has 0 radical (unpaired) electrons. The molecule has 1 fully saturated rings. The van der Waals surface area contributed by atoms with Crippen molar-refractivity contribution < 1.29 is 4.79 Å². The highest BCUT2D eigenvalue weighted by atomic mass is 16.2.